The van der Waals surface area contributed by atoms with Gasteiger partial charge in [-0.15, -0.1) is 0 Å². The number of hydrogen-bond acceptors (Lipinski definition) is 3. The Balaban J connectivity index is 1.79. The quantitative estimate of drug-likeness (QED) is 0.911. The fourth-order valence-corrected chi connectivity index (χ4v) is 3.07. The Labute approximate surface area is 126 Å². The number of rotatable bonds is 3. The summed E-state index contributed by atoms with van der Waals surface area (Å²) in [5.74, 6) is 0. The highest BCUT2D eigenvalue weighted by Crippen LogP contribution is 2.28. The molecule has 1 aliphatic heterocycles. The molecule has 1 atom stereocenters. The molecule has 3 rings (SSSR count). The number of aromatic amines is 1. The summed E-state index contributed by atoms with van der Waals surface area (Å²) in [6.45, 7) is 10.2. The van der Waals surface area contributed by atoms with E-state index in [1.807, 2.05) is 6.20 Å². The highest BCUT2D eigenvalue weighted by atomic mass is 15.2. The van der Waals surface area contributed by atoms with Crippen molar-refractivity contribution in [2.24, 2.45) is 5.41 Å². The van der Waals surface area contributed by atoms with Gasteiger partial charge < -0.3 is 10.2 Å². The van der Waals surface area contributed by atoms with E-state index in [2.05, 4.69) is 59.4 Å². The molecule has 0 aliphatic carbocycles. The highest BCUT2D eigenvalue weighted by Gasteiger charge is 2.24. The fraction of sp³-hybridized carbons (Fsp3) is 0.588. The molecule has 2 N–H and O–H groups in total. The lowest BCUT2D eigenvalue weighted by atomic mass is 9.88. The molecular weight excluding hydrogens is 260 g/mol. The summed E-state index contributed by atoms with van der Waals surface area (Å²) in [4.78, 5) is 2.56. The molecule has 2 aromatic rings. The van der Waals surface area contributed by atoms with Gasteiger partial charge in [0, 0.05) is 36.7 Å². The van der Waals surface area contributed by atoms with Crippen LogP contribution in [0.15, 0.2) is 24.4 Å². The van der Waals surface area contributed by atoms with Crippen LogP contribution in [0.25, 0.3) is 10.9 Å². The maximum Gasteiger partial charge on any atom is 0.0651 e. The molecule has 1 saturated heterocycles. The van der Waals surface area contributed by atoms with Crippen molar-refractivity contribution in [1.29, 1.82) is 0 Å². The van der Waals surface area contributed by atoms with E-state index in [9.17, 15) is 0 Å². The molecule has 1 aliphatic rings. The summed E-state index contributed by atoms with van der Waals surface area (Å²) in [5.41, 5.74) is 2.84. The summed E-state index contributed by atoms with van der Waals surface area (Å²) in [5, 5.41) is 11.9. The van der Waals surface area contributed by atoms with E-state index < -0.39 is 0 Å². The lowest BCUT2D eigenvalue weighted by Gasteiger charge is -2.39. The van der Waals surface area contributed by atoms with Crippen molar-refractivity contribution in [3.05, 3.63) is 24.4 Å². The van der Waals surface area contributed by atoms with Gasteiger partial charge in [-0.1, -0.05) is 20.8 Å². The minimum Gasteiger partial charge on any atom is -0.366 e. The third-order valence-corrected chi connectivity index (χ3v) is 4.33. The molecule has 1 fully saturated rings. The van der Waals surface area contributed by atoms with Gasteiger partial charge in [0.2, 0.25) is 0 Å². The van der Waals surface area contributed by atoms with Crippen LogP contribution in [-0.2, 0) is 0 Å². The van der Waals surface area contributed by atoms with E-state index >= 15 is 0 Å². The number of nitrogens with one attached hydrogen (secondary N) is 2. The normalized spacial score (nSPS) is 20.1. The number of aromatic nitrogens is 2. The largest absolute Gasteiger partial charge is 0.366 e. The minimum atomic E-state index is 0.400. The molecule has 0 bridgehead atoms. The van der Waals surface area contributed by atoms with Gasteiger partial charge in [-0.25, -0.2) is 0 Å². The Morgan fingerprint density at radius 1 is 1.33 bits per heavy atom. The van der Waals surface area contributed by atoms with E-state index in [0.29, 0.717) is 11.5 Å². The standard InChI is InChI=1S/C17H26N4/c1-17(2,3)7-6-15-12-18-8-9-21(15)14-4-5-16-13(10-14)11-19-20-16/h4-5,10-11,15,18H,6-9,12H2,1-3H3,(H,19,20). The van der Waals surface area contributed by atoms with Gasteiger partial charge in [-0.05, 0) is 36.5 Å². The summed E-state index contributed by atoms with van der Waals surface area (Å²) in [7, 11) is 0. The van der Waals surface area contributed by atoms with E-state index in [1.165, 1.54) is 23.9 Å². The topological polar surface area (TPSA) is 44.0 Å². The SMILES string of the molecule is CC(C)(C)CCC1CNCCN1c1ccc2[nH]ncc2c1. The number of fused-ring (bicyclic) bond motifs is 1. The average Bonchev–Trinajstić information content (AvgIpc) is 2.92. The zero-order valence-electron chi connectivity index (χ0n) is 13.3. The van der Waals surface area contributed by atoms with E-state index in [-0.39, 0.29) is 0 Å². The van der Waals surface area contributed by atoms with Gasteiger partial charge in [0.25, 0.3) is 0 Å². The van der Waals surface area contributed by atoms with Gasteiger partial charge >= 0.3 is 0 Å². The second-order valence-corrected chi connectivity index (χ2v) is 7.29. The van der Waals surface area contributed by atoms with Crippen LogP contribution >= 0.6 is 0 Å². The van der Waals surface area contributed by atoms with E-state index in [0.717, 1.165) is 25.2 Å². The first-order valence-corrected chi connectivity index (χ1v) is 7.93. The zero-order valence-corrected chi connectivity index (χ0v) is 13.3. The Hall–Kier alpha value is -1.55. The maximum absolute atomic E-state index is 4.12. The summed E-state index contributed by atoms with van der Waals surface area (Å²) in [6, 6.07) is 7.20. The first-order chi connectivity index (χ1) is 10.0. The number of nitrogens with zero attached hydrogens (tertiary/aromatic N) is 2. The van der Waals surface area contributed by atoms with E-state index in [4.69, 9.17) is 0 Å². The van der Waals surface area contributed by atoms with Crippen molar-refractivity contribution >= 4 is 16.6 Å². The van der Waals surface area contributed by atoms with Crippen LogP contribution in [0.1, 0.15) is 33.6 Å². The Kier molecular flexibility index (Phi) is 3.89. The fourth-order valence-electron chi connectivity index (χ4n) is 3.07. The first kappa shape index (κ1) is 14.4. The predicted molar refractivity (Wildman–Crippen MR) is 88.8 cm³/mol. The number of hydrogen-bond donors (Lipinski definition) is 2. The van der Waals surface area contributed by atoms with Gasteiger partial charge in [0.05, 0.1) is 11.7 Å². The van der Waals surface area contributed by atoms with Crippen molar-refractivity contribution in [1.82, 2.24) is 15.5 Å². The molecule has 0 radical (unpaired) electrons. The highest BCUT2D eigenvalue weighted by molar-refractivity contribution is 5.82. The van der Waals surface area contributed by atoms with Gasteiger partial charge in [0.1, 0.15) is 0 Å². The monoisotopic (exact) mass is 286 g/mol. The Morgan fingerprint density at radius 2 is 2.19 bits per heavy atom. The summed E-state index contributed by atoms with van der Waals surface area (Å²) < 4.78 is 0. The molecule has 114 valence electrons. The van der Waals surface area contributed by atoms with Crippen LogP contribution < -0.4 is 10.2 Å². The molecule has 1 aromatic heterocycles. The number of H-pyrrole nitrogens is 1. The lowest BCUT2D eigenvalue weighted by molar-refractivity contribution is 0.329. The Morgan fingerprint density at radius 3 is 3.00 bits per heavy atom. The van der Waals surface area contributed by atoms with Gasteiger partial charge in [0.15, 0.2) is 0 Å². The molecule has 1 aromatic carbocycles. The van der Waals surface area contributed by atoms with Crippen molar-refractivity contribution in [3.8, 4) is 0 Å². The first-order valence-electron chi connectivity index (χ1n) is 7.93. The van der Waals surface area contributed by atoms with Crippen LogP contribution in [0.4, 0.5) is 5.69 Å². The van der Waals surface area contributed by atoms with Crippen LogP contribution in [-0.4, -0.2) is 35.9 Å². The van der Waals surface area contributed by atoms with Crippen molar-refractivity contribution in [3.63, 3.8) is 0 Å². The molecule has 0 saturated carbocycles. The Bertz CT molecular complexity index is 596. The molecule has 4 heteroatoms. The number of anilines is 1. The third-order valence-electron chi connectivity index (χ3n) is 4.33. The van der Waals surface area contributed by atoms with Crippen LogP contribution in [0.5, 0.6) is 0 Å². The van der Waals surface area contributed by atoms with Crippen LogP contribution in [0, 0.1) is 5.41 Å². The second kappa shape index (κ2) is 5.68. The molecule has 2 heterocycles. The molecule has 4 nitrogen and oxygen atoms in total. The smallest absolute Gasteiger partial charge is 0.0651 e. The predicted octanol–water partition coefficient (Wildman–Crippen LogP) is 3.17. The molecule has 0 amide bonds. The summed E-state index contributed by atoms with van der Waals surface area (Å²) >= 11 is 0. The minimum absolute atomic E-state index is 0.400. The third kappa shape index (κ3) is 3.38. The molecule has 0 spiro atoms. The molecule has 21 heavy (non-hydrogen) atoms. The molecular formula is C17H26N4. The number of benzene rings is 1. The second-order valence-electron chi connectivity index (χ2n) is 7.29. The maximum atomic E-state index is 4.12. The van der Waals surface area contributed by atoms with Crippen molar-refractivity contribution in [2.45, 2.75) is 39.7 Å². The van der Waals surface area contributed by atoms with Gasteiger partial charge in [-0.3, -0.25) is 5.10 Å². The van der Waals surface area contributed by atoms with Crippen molar-refractivity contribution < 1.29 is 0 Å². The van der Waals surface area contributed by atoms with E-state index in [1.54, 1.807) is 0 Å². The van der Waals surface area contributed by atoms with Gasteiger partial charge in [-0.2, -0.15) is 5.10 Å². The zero-order chi connectivity index (χ0) is 14.9. The lowest BCUT2D eigenvalue weighted by Crippen LogP contribution is -2.51. The van der Waals surface area contributed by atoms with Crippen LogP contribution in [0.3, 0.4) is 0 Å². The summed E-state index contributed by atoms with van der Waals surface area (Å²) in [6.07, 6.45) is 4.40. The average molecular weight is 286 g/mol. The van der Waals surface area contributed by atoms with Crippen molar-refractivity contribution in [2.75, 3.05) is 24.5 Å². The number of piperazine rings is 1. The molecule has 1 unspecified atom stereocenters. The van der Waals surface area contributed by atoms with Crippen LogP contribution in [0.2, 0.25) is 0 Å².